The zero-order chi connectivity index (χ0) is 20.1. The summed E-state index contributed by atoms with van der Waals surface area (Å²) in [6.45, 7) is 0. The SMILES string of the molecule is CNC(=O)c1[nH]cnc1C(=O)NC1CCC(C(=O)Nc2cnccc2Cl)CC1. The Hall–Kier alpha value is -2.94. The number of pyridine rings is 1. The predicted molar refractivity (Wildman–Crippen MR) is 103 cm³/mol. The number of aromatic nitrogens is 3. The summed E-state index contributed by atoms with van der Waals surface area (Å²) < 4.78 is 0. The fourth-order valence-corrected chi connectivity index (χ4v) is 3.37. The second-order valence-corrected chi connectivity index (χ2v) is 6.98. The molecule has 1 saturated carbocycles. The Morgan fingerprint density at radius 1 is 1.18 bits per heavy atom. The van der Waals surface area contributed by atoms with Crippen LogP contribution in [0, 0.1) is 5.92 Å². The molecular formula is C18H21ClN6O3. The van der Waals surface area contributed by atoms with Gasteiger partial charge < -0.3 is 20.9 Å². The van der Waals surface area contributed by atoms with Crippen LogP contribution in [0.25, 0.3) is 0 Å². The highest BCUT2D eigenvalue weighted by Crippen LogP contribution is 2.27. The van der Waals surface area contributed by atoms with Gasteiger partial charge in [-0.1, -0.05) is 11.6 Å². The quantitative estimate of drug-likeness (QED) is 0.603. The number of halogens is 1. The van der Waals surface area contributed by atoms with E-state index in [-0.39, 0.29) is 29.3 Å². The third kappa shape index (κ3) is 4.48. The van der Waals surface area contributed by atoms with Crippen LogP contribution in [0.1, 0.15) is 46.7 Å². The fraction of sp³-hybridized carbons (Fsp3) is 0.389. The van der Waals surface area contributed by atoms with E-state index in [9.17, 15) is 14.4 Å². The van der Waals surface area contributed by atoms with E-state index < -0.39 is 11.8 Å². The van der Waals surface area contributed by atoms with E-state index >= 15 is 0 Å². The van der Waals surface area contributed by atoms with Crippen LogP contribution < -0.4 is 16.0 Å². The minimum absolute atomic E-state index is 0.0606. The zero-order valence-electron chi connectivity index (χ0n) is 15.3. The van der Waals surface area contributed by atoms with Crippen LogP contribution >= 0.6 is 11.6 Å². The average molecular weight is 405 g/mol. The Labute approximate surface area is 166 Å². The smallest absolute Gasteiger partial charge is 0.272 e. The number of anilines is 1. The first-order chi connectivity index (χ1) is 13.5. The van der Waals surface area contributed by atoms with E-state index in [0.717, 1.165) is 0 Å². The van der Waals surface area contributed by atoms with Gasteiger partial charge in [0, 0.05) is 25.2 Å². The van der Waals surface area contributed by atoms with Crippen molar-refractivity contribution < 1.29 is 14.4 Å². The number of nitrogens with zero attached hydrogens (tertiary/aromatic N) is 2. The summed E-state index contributed by atoms with van der Waals surface area (Å²) in [7, 11) is 1.48. The average Bonchev–Trinajstić information content (AvgIpc) is 3.19. The molecule has 148 valence electrons. The van der Waals surface area contributed by atoms with Crippen molar-refractivity contribution in [2.75, 3.05) is 12.4 Å². The van der Waals surface area contributed by atoms with E-state index in [2.05, 4.69) is 30.9 Å². The molecule has 0 saturated heterocycles. The van der Waals surface area contributed by atoms with E-state index in [0.29, 0.717) is 36.4 Å². The number of amides is 3. The van der Waals surface area contributed by atoms with Gasteiger partial charge in [0.1, 0.15) is 5.69 Å². The van der Waals surface area contributed by atoms with Gasteiger partial charge in [-0.05, 0) is 31.7 Å². The Bertz CT molecular complexity index is 876. The summed E-state index contributed by atoms with van der Waals surface area (Å²) in [5.41, 5.74) is 0.678. The Morgan fingerprint density at radius 3 is 2.61 bits per heavy atom. The molecule has 28 heavy (non-hydrogen) atoms. The largest absolute Gasteiger partial charge is 0.354 e. The summed E-state index contributed by atoms with van der Waals surface area (Å²) in [6, 6.07) is 1.54. The molecule has 0 aliphatic heterocycles. The van der Waals surface area contributed by atoms with Crippen molar-refractivity contribution in [3.05, 3.63) is 41.2 Å². The molecule has 0 atom stereocenters. The van der Waals surface area contributed by atoms with Crippen LogP contribution in [-0.4, -0.2) is 45.8 Å². The molecule has 10 heteroatoms. The van der Waals surface area contributed by atoms with E-state index in [1.165, 1.54) is 19.6 Å². The molecule has 0 aromatic carbocycles. The number of imidazole rings is 1. The lowest BCUT2D eigenvalue weighted by atomic mass is 9.85. The van der Waals surface area contributed by atoms with E-state index in [4.69, 9.17) is 11.6 Å². The zero-order valence-corrected chi connectivity index (χ0v) is 16.0. The molecule has 3 rings (SSSR count). The highest BCUT2D eigenvalue weighted by molar-refractivity contribution is 6.33. The van der Waals surface area contributed by atoms with Gasteiger partial charge in [-0.25, -0.2) is 4.98 Å². The normalized spacial score (nSPS) is 18.9. The molecule has 0 radical (unpaired) electrons. The van der Waals surface area contributed by atoms with Crippen molar-refractivity contribution in [3.63, 3.8) is 0 Å². The first-order valence-corrected chi connectivity index (χ1v) is 9.34. The lowest BCUT2D eigenvalue weighted by molar-refractivity contribution is -0.120. The number of aromatic amines is 1. The Balaban J connectivity index is 1.52. The molecule has 1 aliphatic rings. The Morgan fingerprint density at radius 2 is 1.93 bits per heavy atom. The second-order valence-electron chi connectivity index (χ2n) is 6.57. The lowest BCUT2D eigenvalue weighted by Gasteiger charge is -2.28. The fourth-order valence-electron chi connectivity index (χ4n) is 3.22. The van der Waals surface area contributed by atoms with Gasteiger partial charge in [-0.15, -0.1) is 0 Å². The predicted octanol–water partition coefficient (Wildman–Crippen LogP) is 1.74. The minimum atomic E-state index is -0.408. The van der Waals surface area contributed by atoms with Crippen molar-refractivity contribution >= 4 is 35.0 Å². The van der Waals surface area contributed by atoms with Crippen LogP contribution in [-0.2, 0) is 4.79 Å². The van der Waals surface area contributed by atoms with Gasteiger partial charge in [-0.3, -0.25) is 19.4 Å². The molecule has 1 fully saturated rings. The number of carbonyl (C=O) groups is 3. The molecule has 0 unspecified atom stereocenters. The molecule has 2 heterocycles. The maximum absolute atomic E-state index is 12.4. The first kappa shape index (κ1) is 19.8. The molecule has 2 aromatic rings. The van der Waals surface area contributed by atoms with Crippen molar-refractivity contribution in [1.82, 2.24) is 25.6 Å². The molecule has 4 N–H and O–H groups in total. The first-order valence-electron chi connectivity index (χ1n) is 8.96. The third-order valence-corrected chi connectivity index (χ3v) is 5.10. The summed E-state index contributed by atoms with van der Waals surface area (Å²) in [4.78, 5) is 47.2. The number of carbonyl (C=O) groups excluding carboxylic acids is 3. The van der Waals surface area contributed by atoms with Gasteiger partial charge >= 0.3 is 0 Å². The van der Waals surface area contributed by atoms with Crippen LogP contribution in [0.5, 0.6) is 0 Å². The highest BCUT2D eigenvalue weighted by atomic mass is 35.5. The van der Waals surface area contributed by atoms with Crippen molar-refractivity contribution in [1.29, 1.82) is 0 Å². The number of nitrogens with one attached hydrogen (secondary N) is 4. The van der Waals surface area contributed by atoms with Crippen LogP contribution in [0.15, 0.2) is 24.8 Å². The summed E-state index contributed by atoms with van der Waals surface area (Å²) in [6.07, 6.45) is 6.97. The topological polar surface area (TPSA) is 129 Å². The van der Waals surface area contributed by atoms with Crippen molar-refractivity contribution in [2.45, 2.75) is 31.7 Å². The minimum Gasteiger partial charge on any atom is -0.354 e. The molecule has 0 spiro atoms. The molecular weight excluding hydrogens is 384 g/mol. The van der Waals surface area contributed by atoms with Crippen LogP contribution in [0.4, 0.5) is 5.69 Å². The number of rotatable bonds is 5. The summed E-state index contributed by atoms with van der Waals surface area (Å²) in [5, 5.41) is 8.60. The number of hydrogen-bond donors (Lipinski definition) is 4. The van der Waals surface area contributed by atoms with E-state index in [1.807, 2.05) is 0 Å². The molecule has 3 amide bonds. The van der Waals surface area contributed by atoms with Gasteiger partial charge in [-0.2, -0.15) is 0 Å². The van der Waals surface area contributed by atoms with Gasteiger partial charge in [0.25, 0.3) is 11.8 Å². The van der Waals surface area contributed by atoms with E-state index in [1.54, 1.807) is 12.3 Å². The standard InChI is InChI=1S/C18H21ClN6O3/c1-20-17(27)14-15(23-9-22-14)18(28)24-11-4-2-10(3-5-11)16(26)25-13-8-21-7-6-12(13)19/h6-11H,2-5H2,1H3,(H,20,27)(H,22,23)(H,24,28)(H,25,26). The highest BCUT2D eigenvalue weighted by Gasteiger charge is 2.29. The second kappa shape index (κ2) is 8.83. The number of hydrogen-bond acceptors (Lipinski definition) is 5. The summed E-state index contributed by atoms with van der Waals surface area (Å²) in [5.74, 6) is -1.07. The molecule has 2 aromatic heterocycles. The molecule has 9 nitrogen and oxygen atoms in total. The van der Waals surface area contributed by atoms with Crippen molar-refractivity contribution in [3.8, 4) is 0 Å². The third-order valence-electron chi connectivity index (χ3n) is 4.77. The van der Waals surface area contributed by atoms with Crippen LogP contribution in [0.2, 0.25) is 5.02 Å². The van der Waals surface area contributed by atoms with Gasteiger partial charge in [0.05, 0.1) is 23.2 Å². The maximum Gasteiger partial charge on any atom is 0.272 e. The van der Waals surface area contributed by atoms with Crippen molar-refractivity contribution in [2.24, 2.45) is 5.92 Å². The summed E-state index contributed by atoms with van der Waals surface area (Å²) >= 11 is 6.04. The van der Waals surface area contributed by atoms with Gasteiger partial charge in [0.15, 0.2) is 5.69 Å². The monoisotopic (exact) mass is 404 g/mol. The molecule has 1 aliphatic carbocycles. The van der Waals surface area contributed by atoms with Gasteiger partial charge in [0.2, 0.25) is 5.91 Å². The Kier molecular flexibility index (Phi) is 6.25. The molecule has 0 bridgehead atoms. The number of H-pyrrole nitrogens is 1. The van der Waals surface area contributed by atoms with Crippen LogP contribution in [0.3, 0.4) is 0 Å². The maximum atomic E-state index is 12.4. The lowest BCUT2D eigenvalue weighted by Crippen LogP contribution is -2.40.